The third-order valence-corrected chi connectivity index (χ3v) is 5.38. The van der Waals surface area contributed by atoms with Crippen LogP contribution in [0, 0.1) is 5.92 Å². The normalized spacial score (nSPS) is 15.0. The van der Waals surface area contributed by atoms with Crippen molar-refractivity contribution in [2.24, 2.45) is 5.92 Å². The molecule has 1 aliphatic rings. The van der Waals surface area contributed by atoms with E-state index in [-0.39, 0.29) is 0 Å². The van der Waals surface area contributed by atoms with Crippen LogP contribution in [0.4, 0.5) is 0 Å². The van der Waals surface area contributed by atoms with Gasteiger partial charge in [0.2, 0.25) is 0 Å². The smallest absolute Gasteiger partial charge is 0.295 e. The number of hydrogen-bond donors (Lipinski definition) is 1. The lowest BCUT2D eigenvalue weighted by Gasteiger charge is -2.29. The molecule has 0 radical (unpaired) electrons. The first kappa shape index (κ1) is 19.4. The molecular formula is C21H28N2O4. The molecule has 1 aromatic heterocycles. The van der Waals surface area contributed by atoms with Crippen LogP contribution in [0.2, 0.25) is 0 Å². The van der Waals surface area contributed by atoms with Gasteiger partial charge in [0.05, 0.1) is 19.3 Å². The predicted octanol–water partition coefficient (Wildman–Crippen LogP) is 3.41. The van der Waals surface area contributed by atoms with Gasteiger partial charge in [-0.25, -0.2) is 0 Å². The lowest BCUT2D eigenvalue weighted by molar-refractivity contribution is -0.127. The summed E-state index contributed by atoms with van der Waals surface area (Å²) in [6.45, 7) is 1.49. The largest absolute Gasteiger partial charge is 0.497 e. The molecule has 1 aromatic carbocycles. The van der Waals surface area contributed by atoms with Gasteiger partial charge in [-0.1, -0.05) is 19.3 Å². The Morgan fingerprint density at radius 3 is 2.67 bits per heavy atom. The first-order chi connectivity index (χ1) is 13.1. The number of amides is 1. The van der Waals surface area contributed by atoms with Crippen LogP contribution < -0.4 is 4.74 Å². The quantitative estimate of drug-likeness (QED) is 0.569. The molecule has 6 nitrogen and oxygen atoms in total. The van der Waals surface area contributed by atoms with Crippen LogP contribution in [0.15, 0.2) is 24.4 Å². The maximum Gasteiger partial charge on any atom is 0.295 e. The van der Waals surface area contributed by atoms with E-state index in [4.69, 9.17) is 9.47 Å². The maximum absolute atomic E-state index is 13.0. The second-order valence-electron chi connectivity index (χ2n) is 7.19. The highest BCUT2D eigenvalue weighted by Gasteiger charge is 2.28. The number of methoxy groups -OCH3 is 2. The minimum absolute atomic E-state index is 0.406. The van der Waals surface area contributed by atoms with Crippen LogP contribution in [-0.2, 0) is 9.53 Å². The number of H-pyrrole nitrogens is 1. The molecular weight excluding hydrogens is 344 g/mol. The molecule has 1 amide bonds. The van der Waals surface area contributed by atoms with Gasteiger partial charge >= 0.3 is 0 Å². The number of hydrogen-bond acceptors (Lipinski definition) is 4. The summed E-state index contributed by atoms with van der Waals surface area (Å²) in [7, 11) is 3.21. The van der Waals surface area contributed by atoms with Gasteiger partial charge in [-0.2, -0.15) is 0 Å². The number of ketones is 1. The van der Waals surface area contributed by atoms with Gasteiger partial charge < -0.3 is 19.4 Å². The summed E-state index contributed by atoms with van der Waals surface area (Å²) in [6.07, 6.45) is 7.53. The van der Waals surface area contributed by atoms with Gasteiger partial charge in [-0.05, 0) is 30.9 Å². The molecule has 1 saturated carbocycles. The van der Waals surface area contributed by atoms with Crippen LogP contribution in [0.1, 0.15) is 42.5 Å². The van der Waals surface area contributed by atoms with E-state index in [0.717, 1.165) is 23.7 Å². The molecule has 0 saturated heterocycles. The van der Waals surface area contributed by atoms with Crippen molar-refractivity contribution < 1.29 is 19.1 Å². The van der Waals surface area contributed by atoms with Crippen LogP contribution in [0.5, 0.6) is 5.75 Å². The lowest BCUT2D eigenvalue weighted by atomic mass is 9.89. The van der Waals surface area contributed by atoms with E-state index in [1.807, 2.05) is 12.1 Å². The fourth-order valence-corrected chi connectivity index (χ4v) is 3.84. The second-order valence-corrected chi connectivity index (χ2v) is 7.19. The first-order valence-corrected chi connectivity index (χ1v) is 9.61. The van der Waals surface area contributed by atoms with Crippen LogP contribution in [0.3, 0.4) is 0 Å². The zero-order valence-electron chi connectivity index (χ0n) is 16.1. The Labute approximate surface area is 159 Å². The van der Waals surface area contributed by atoms with Crippen molar-refractivity contribution in [1.29, 1.82) is 0 Å². The number of rotatable bonds is 8. The van der Waals surface area contributed by atoms with Crippen LogP contribution in [-0.4, -0.2) is 55.5 Å². The summed E-state index contributed by atoms with van der Waals surface area (Å²) >= 11 is 0. The molecule has 0 atom stereocenters. The zero-order chi connectivity index (χ0) is 19.2. The van der Waals surface area contributed by atoms with Crippen molar-refractivity contribution >= 4 is 22.6 Å². The lowest BCUT2D eigenvalue weighted by Crippen LogP contribution is -2.42. The van der Waals surface area contributed by atoms with Crippen molar-refractivity contribution in [2.75, 3.05) is 33.9 Å². The Morgan fingerprint density at radius 1 is 1.19 bits per heavy atom. The Hall–Kier alpha value is -2.34. The molecule has 0 aliphatic heterocycles. The first-order valence-electron chi connectivity index (χ1n) is 9.61. The molecule has 0 spiro atoms. The highest BCUT2D eigenvalue weighted by Crippen LogP contribution is 2.26. The van der Waals surface area contributed by atoms with Crippen LogP contribution in [0.25, 0.3) is 10.9 Å². The Morgan fingerprint density at radius 2 is 1.96 bits per heavy atom. The molecule has 1 fully saturated rings. The average Bonchev–Trinajstić information content (AvgIpc) is 3.13. The van der Waals surface area contributed by atoms with Crippen molar-refractivity contribution in [1.82, 2.24) is 9.88 Å². The number of nitrogens with one attached hydrogen (secondary N) is 1. The Balaban J connectivity index is 1.78. The average molecular weight is 372 g/mol. The number of carbonyl (C=O) groups is 2. The molecule has 27 heavy (non-hydrogen) atoms. The molecule has 1 aliphatic carbocycles. The summed E-state index contributed by atoms with van der Waals surface area (Å²) in [5, 5.41) is 0.735. The van der Waals surface area contributed by atoms with Gasteiger partial charge in [0.25, 0.3) is 11.7 Å². The number of carbonyl (C=O) groups excluding carboxylic acids is 2. The number of nitrogens with zero attached hydrogens (tertiary/aromatic N) is 1. The molecule has 146 valence electrons. The minimum atomic E-state index is -0.474. The second kappa shape index (κ2) is 9.04. The van der Waals surface area contributed by atoms with Gasteiger partial charge in [0.1, 0.15) is 5.75 Å². The molecule has 0 unspecified atom stereocenters. The number of aromatic nitrogens is 1. The summed E-state index contributed by atoms with van der Waals surface area (Å²) < 4.78 is 10.4. The number of benzene rings is 1. The van der Waals surface area contributed by atoms with E-state index in [1.54, 1.807) is 31.4 Å². The van der Waals surface area contributed by atoms with E-state index >= 15 is 0 Å². The zero-order valence-corrected chi connectivity index (χ0v) is 16.1. The maximum atomic E-state index is 13.0. The van der Waals surface area contributed by atoms with E-state index in [2.05, 4.69) is 4.98 Å². The number of Topliss-reactive ketones (excluding diaryl/α,β-unsaturated/α-hetero) is 1. The van der Waals surface area contributed by atoms with Crippen molar-refractivity contribution in [2.45, 2.75) is 32.1 Å². The van der Waals surface area contributed by atoms with E-state index in [9.17, 15) is 9.59 Å². The molecule has 3 rings (SSSR count). The SMILES string of the molecule is COCCN(CC1CCCCC1)C(=O)C(=O)c1c[nH]c2cc(OC)ccc12. The Bertz CT molecular complexity index is 793. The van der Waals surface area contributed by atoms with Gasteiger partial charge in [0.15, 0.2) is 0 Å². The summed E-state index contributed by atoms with van der Waals surface area (Å²) in [5.74, 6) is 0.251. The number of aromatic amines is 1. The van der Waals surface area contributed by atoms with Crippen molar-refractivity contribution in [3.8, 4) is 5.75 Å². The van der Waals surface area contributed by atoms with Gasteiger partial charge in [0, 0.05) is 43.4 Å². The Kier molecular flexibility index (Phi) is 6.50. The summed E-state index contributed by atoms with van der Waals surface area (Å²) in [5.41, 5.74) is 1.19. The molecule has 1 heterocycles. The van der Waals surface area contributed by atoms with Gasteiger partial charge in [-0.15, -0.1) is 0 Å². The number of fused-ring (bicyclic) bond motifs is 1. The van der Waals surface area contributed by atoms with Gasteiger partial charge in [-0.3, -0.25) is 9.59 Å². The molecule has 1 N–H and O–H groups in total. The summed E-state index contributed by atoms with van der Waals surface area (Å²) in [4.78, 5) is 30.6. The van der Waals surface area contributed by atoms with Crippen molar-refractivity contribution in [3.63, 3.8) is 0 Å². The summed E-state index contributed by atoms with van der Waals surface area (Å²) in [6, 6.07) is 5.43. The highest BCUT2D eigenvalue weighted by atomic mass is 16.5. The highest BCUT2D eigenvalue weighted by molar-refractivity contribution is 6.44. The topological polar surface area (TPSA) is 71.6 Å². The molecule has 0 bridgehead atoms. The predicted molar refractivity (Wildman–Crippen MR) is 104 cm³/mol. The van der Waals surface area contributed by atoms with Crippen LogP contribution >= 0.6 is 0 Å². The van der Waals surface area contributed by atoms with E-state index in [0.29, 0.717) is 36.9 Å². The monoisotopic (exact) mass is 372 g/mol. The van der Waals surface area contributed by atoms with Crippen molar-refractivity contribution in [3.05, 3.63) is 30.0 Å². The fourth-order valence-electron chi connectivity index (χ4n) is 3.84. The third kappa shape index (κ3) is 4.50. The minimum Gasteiger partial charge on any atom is -0.497 e. The van der Waals surface area contributed by atoms with E-state index in [1.165, 1.54) is 19.3 Å². The standard InChI is InChI=1S/C21H28N2O4/c1-26-11-10-23(14-15-6-4-3-5-7-15)21(25)20(24)18-13-22-19-12-16(27-2)8-9-17(18)19/h8-9,12-13,15,22H,3-7,10-11,14H2,1-2H3. The molecule has 6 heteroatoms. The third-order valence-electron chi connectivity index (χ3n) is 5.38. The fraction of sp³-hybridized carbons (Fsp3) is 0.524. The molecule has 2 aromatic rings. The van der Waals surface area contributed by atoms with E-state index < -0.39 is 11.7 Å². The number of ether oxygens (including phenoxy) is 2.